The lowest BCUT2D eigenvalue weighted by Crippen LogP contribution is -2.14. The van der Waals surface area contributed by atoms with Gasteiger partial charge in [-0.1, -0.05) is 32.0 Å². The standard InChI is InChI=1S/C14H8O3S.C4H11N/c15-13(10-5-6-18-8-10)11-7-9-3-1-2-4-12(9)17-14(11)16;1-3-5-4-2/h1-8H;5H,3-4H2,1-2H3. The molecule has 1 aromatic carbocycles. The number of thiophene rings is 1. The third kappa shape index (κ3) is 4.37. The van der Waals surface area contributed by atoms with Crippen LogP contribution in [-0.4, -0.2) is 18.9 Å². The van der Waals surface area contributed by atoms with E-state index in [0.29, 0.717) is 11.1 Å². The molecule has 0 fully saturated rings. The Morgan fingerprint density at radius 3 is 2.52 bits per heavy atom. The molecule has 0 unspecified atom stereocenters. The second-order valence-corrected chi connectivity index (χ2v) is 5.56. The maximum Gasteiger partial charge on any atom is 0.347 e. The molecule has 1 N–H and O–H groups in total. The van der Waals surface area contributed by atoms with Crippen LogP contribution >= 0.6 is 11.3 Å². The van der Waals surface area contributed by atoms with Crippen molar-refractivity contribution in [3.05, 3.63) is 68.7 Å². The Kier molecular flexibility index (Phi) is 6.26. The highest BCUT2D eigenvalue weighted by Gasteiger charge is 2.15. The second-order valence-electron chi connectivity index (χ2n) is 4.78. The summed E-state index contributed by atoms with van der Waals surface area (Å²) in [5.41, 5.74) is 0.490. The number of nitrogens with one attached hydrogen (secondary N) is 1. The Hall–Kier alpha value is -2.24. The normalized spacial score (nSPS) is 10.2. The van der Waals surface area contributed by atoms with Crippen LogP contribution in [0.2, 0.25) is 0 Å². The lowest BCUT2D eigenvalue weighted by Gasteiger charge is -1.99. The average Bonchev–Trinajstić information content (AvgIpc) is 3.09. The predicted octanol–water partition coefficient (Wildman–Crippen LogP) is 3.70. The molecule has 0 atom stereocenters. The zero-order chi connectivity index (χ0) is 16.7. The Bertz CT molecular complexity index is 820. The summed E-state index contributed by atoms with van der Waals surface area (Å²) in [6.45, 7) is 6.39. The number of hydrogen-bond acceptors (Lipinski definition) is 5. The van der Waals surface area contributed by atoms with Crippen LogP contribution in [0.4, 0.5) is 0 Å². The number of carbonyl (C=O) groups is 1. The van der Waals surface area contributed by atoms with Crippen LogP contribution in [0.1, 0.15) is 29.8 Å². The van der Waals surface area contributed by atoms with Crippen molar-refractivity contribution in [2.45, 2.75) is 13.8 Å². The van der Waals surface area contributed by atoms with Gasteiger partial charge in [0.1, 0.15) is 11.1 Å². The first-order valence-electron chi connectivity index (χ1n) is 7.47. The van der Waals surface area contributed by atoms with E-state index in [9.17, 15) is 9.59 Å². The smallest absolute Gasteiger partial charge is 0.347 e. The van der Waals surface area contributed by atoms with Crippen LogP contribution in [0.15, 0.2) is 56.4 Å². The largest absolute Gasteiger partial charge is 0.422 e. The highest BCUT2D eigenvalue weighted by molar-refractivity contribution is 7.08. The number of rotatable bonds is 4. The number of ketones is 1. The zero-order valence-electron chi connectivity index (χ0n) is 13.2. The molecule has 0 bridgehead atoms. The Morgan fingerprint density at radius 2 is 1.91 bits per heavy atom. The molecule has 3 rings (SSSR count). The summed E-state index contributed by atoms with van der Waals surface area (Å²) >= 11 is 1.42. The molecule has 0 aliphatic rings. The summed E-state index contributed by atoms with van der Waals surface area (Å²) in [6.07, 6.45) is 0. The maximum absolute atomic E-state index is 12.1. The van der Waals surface area contributed by atoms with Crippen LogP contribution in [0.5, 0.6) is 0 Å². The molecule has 3 aromatic rings. The van der Waals surface area contributed by atoms with E-state index in [1.165, 1.54) is 11.3 Å². The lowest BCUT2D eigenvalue weighted by atomic mass is 10.1. The van der Waals surface area contributed by atoms with Crippen molar-refractivity contribution in [3.63, 3.8) is 0 Å². The van der Waals surface area contributed by atoms with E-state index in [1.54, 1.807) is 35.0 Å². The maximum atomic E-state index is 12.1. The fourth-order valence-corrected chi connectivity index (χ4v) is 2.66. The fraction of sp³-hybridized carbons (Fsp3) is 0.222. The zero-order valence-corrected chi connectivity index (χ0v) is 14.0. The van der Waals surface area contributed by atoms with Gasteiger partial charge in [-0.2, -0.15) is 11.3 Å². The SMILES string of the molecule is CCNCC.O=C(c1ccsc1)c1cc2ccccc2oc1=O. The first kappa shape index (κ1) is 17.1. The first-order chi connectivity index (χ1) is 11.2. The summed E-state index contributed by atoms with van der Waals surface area (Å²) < 4.78 is 5.14. The molecule has 120 valence electrons. The van der Waals surface area contributed by atoms with E-state index >= 15 is 0 Å². The van der Waals surface area contributed by atoms with Crippen molar-refractivity contribution >= 4 is 28.1 Å². The van der Waals surface area contributed by atoms with Crippen LogP contribution in [0.25, 0.3) is 11.0 Å². The molecule has 0 saturated carbocycles. The van der Waals surface area contributed by atoms with Gasteiger partial charge in [-0.25, -0.2) is 4.79 Å². The van der Waals surface area contributed by atoms with Crippen molar-refractivity contribution in [1.29, 1.82) is 0 Å². The minimum atomic E-state index is -0.593. The molecule has 2 heterocycles. The van der Waals surface area contributed by atoms with Gasteiger partial charge in [0.2, 0.25) is 5.78 Å². The van der Waals surface area contributed by atoms with E-state index in [1.807, 2.05) is 12.1 Å². The van der Waals surface area contributed by atoms with Gasteiger partial charge in [0.15, 0.2) is 0 Å². The van der Waals surface area contributed by atoms with E-state index < -0.39 is 5.63 Å². The number of fused-ring (bicyclic) bond motifs is 1. The summed E-state index contributed by atoms with van der Waals surface area (Å²) in [5, 5.41) is 7.38. The van der Waals surface area contributed by atoms with Gasteiger partial charge < -0.3 is 9.73 Å². The van der Waals surface area contributed by atoms with Gasteiger partial charge in [-0.3, -0.25) is 4.79 Å². The first-order valence-corrected chi connectivity index (χ1v) is 8.42. The number of carbonyl (C=O) groups excluding carboxylic acids is 1. The van der Waals surface area contributed by atoms with E-state index in [2.05, 4.69) is 19.2 Å². The summed E-state index contributed by atoms with van der Waals surface area (Å²) in [7, 11) is 0. The van der Waals surface area contributed by atoms with Crippen LogP contribution in [0, 0.1) is 0 Å². The average molecular weight is 329 g/mol. The molecular weight excluding hydrogens is 310 g/mol. The van der Waals surface area contributed by atoms with E-state index in [-0.39, 0.29) is 11.3 Å². The number of para-hydroxylation sites is 1. The monoisotopic (exact) mass is 329 g/mol. The molecule has 0 saturated heterocycles. The molecule has 4 nitrogen and oxygen atoms in total. The summed E-state index contributed by atoms with van der Waals surface area (Å²) in [4.78, 5) is 23.9. The van der Waals surface area contributed by atoms with Gasteiger partial charge in [0.25, 0.3) is 0 Å². The van der Waals surface area contributed by atoms with Gasteiger partial charge >= 0.3 is 5.63 Å². The molecular formula is C18H19NO3S. The predicted molar refractivity (Wildman–Crippen MR) is 94.5 cm³/mol. The minimum Gasteiger partial charge on any atom is -0.422 e. The summed E-state index contributed by atoms with van der Waals surface area (Å²) in [5.74, 6) is -0.296. The van der Waals surface area contributed by atoms with Gasteiger partial charge in [0.05, 0.1) is 0 Å². The van der Waals surface area contributed by atoms with Crippen molar-refractivity contribution in [2.75, 3.05) is 13.1 Å². The Morgan fingerprint density at radius 1 is 1.17 bits per heavy atom. The second kappa shape index (κ2) is 8.41. The third-order valence-electron chi connectivity index (χ3n) is 3.17. The molecule has 0 spiro atoms. The number of benzene rings is 1. The van der Waals surface area contributed by atoms with Crippen LogP contribution in [-0.2, 0) is 0 Å². The molecule has 0 aliphatic heterocycles. The van der Waals surface area contributed by atoms with Crippen molar-refractivity contribution in [1.82, 2.24) is 5.32 Å². The minimum absolute atomic E-state index is 0.0760. The summed E-state index contributed by atoms with van der Waals surface area (Å²) in [6, 6.07) is 10.4. The highest BCUT2D eigenvalue weighted by Crippen LogP contribution is 2.16. The van der Waals surface area contributed by atoms with Crippen LogP contribution in [0.3, 0.4) is 0 Å². The molecule has 23 heavy (non-hydrogen) atoms. The third-order valence-corrected chi connectivity index (χ3v) is 3.85. The molecule has 5 heteroatoms. The van der Waals surface area contributed by atoms with E-state index in [0.717, 1.165) is 18.5 Å². The number of hydrogen-bond donors (Lipinski definition) is 1. The van der Waals surface area contributed by atoms with Crippen molar-refractivity contribution in [2.24, 2.45) is 0 Å². The highest BCUT2D eigenvalue weighted by atomic mass is 32.1. The van der Waals surface area contributed by atoms with Gasteiger partial charge in [0, 0.05) is 16.3 Å². The molecule has 0 radical (unpaired) electrons. The van der Waals surface area contributed by atoms with E-state index in [4.69, 9.17) is 4.42 Å². The molecule has 0 amide bonds. The van der Waals surface area contributed by atoms with Crippen LogP contribution < -0.4 is 10.9 Å². The van der Waals surface area contributed by atoms with Crippen molar-refractivity contribution in [3.8, 4) is 0 Å². The van der Waals surface area contributed by atoms with Crippen molar-refractivity contribution < 1.29 is 9.21 Å². The lowest BCUT2D eigenvalue weighted by molar-refractivity contribution is 0.103. The quantitative estimate of drug-likeness (QED) is 0.586. The van der Waals surface area contributed by atoms with Gasteiger partial charge in [-0.15, -0.1) is 0 Å². The Labute approximate surface area is 138 Å². The Balaban J connectivity index is 0.000000338. The molecule has 0 aliphatic carbocycles. The van der Waals surface area contributed by atoms with Gasteiger partial charge in [-0.05, 0) is 36.7 Å². The topological polar surface area (TPSA) is 59.3 Å². The fourth-order valence-electron chi connectivity index (χ4n) is 2.02. The molecule has 2 aromatic heterocycles.